The van der Waals surface area contributed by atoms with Gasteiger partial charge < -0.3 is 10.6 Å². The summed E-state index contributed by atoms with van der Waals surface area (Å²) in [4.78, 5) is 12.0. The van der Waals surface area contributed by atoms with Crippen molar-refractivity contribution < 1.29 is 4.79 Å². The number of hydrogen-bond acceptors (Lipinski definition) is 3. The summed E-state index contributed by atoms with van der Waals surface area (Å²) >= 11 is 0. The number of carbonyl (C=O) groups excluding carboxylic acids is 1. The average molecular weight is 258 g/mol. The summed E-state index contributed by atoms with van der Waals surface area (Å²) in [6.07, 6.45) is 1.75. The average Bonchev–Trinajstić information content (AvgIpc) is 2.84. The molecule has 2 aromatic rings. The topological polar surface area (TPSA) is 58.9 Å². The van der Waals surface area contributed by atoms with Gasteiger partial charge >= 0.3 is 0 Å². The van der Waals surface area contributed by atoms with Gasteiger partial charge in [-0.25, -0.2) is 0 Å². The van der Waals surface area contributed by atoms with Crippen LogP contribution < -0.4 is 10.6 Å². The smallest absolute Gasteiger partial charge is 0.276 e. The molecule has 0 spiro atoms. The molecule has 1 amide bonds. The Bertz CT molecular complexity index is 562. The van der Waals surface area contributed by atoms with Crippen molar-refractivity contribution in [2.24, 2.45) is 7.05 Å². The van der Waals surface area contributed by atoms with Gasteiger partial charge in [-0.2, -0.15) is 5.10 Å². The third-order valence-corrected chi connectivity index (χ3v) is 2.78. The maximum atomic E-state index is 12.0. The maximum Gasteiger partial charge on any atom is 0.276 e. The summed E-state index contributed by atoms with van der Waals surface area (Å²) in [5.41, 5.74) is 2.30. The number of carbonyl (C=O) groups is 1. The predicted octanol–water partition coefficient (Wildman–Crippen LogP) is 1.78. The molecule has 0 aliphatic rings. The van der Waals surface area contributed by atoms with Crippen molar-refractivity contribution in [3.8, 4) is 0 Å². The van der Waals surface area contributed by atoms with Gasteiger partial charge in [-0.15, -0.1) is 0 Å². The number of benzene rings is 1. The first kappa shape index (κ1) is 13.3. The van der Waals surface area contributed by atoms with E-state index in [-0.39, 0.29) is 5.91 Å². The number of nitrogens with one attached hydrogen (secondary N) is 2. The lowest BCUT2D eigenvalue weighted by atomic mass is 10.1. The van der Waals surface area contributed by atoms with E-state index in [0.717, 1.165) is 24.3 Å². The molecule has 5 nitrogen and oxygen atoms in total. The Balaban J connectivity index is 2.12. The fourth-order valence-electron chi connectivity index (χ4n) is 1.78. The van der Waals surface area contributed by atoms with Crippen LogP contribution in [-0.4, -0.2) is 22.2 Å². The molecule has 100 valence electrons. The molecule has 1 heterocycles. The van der Waals surface area contributed by atoms with Gasteiger partial charge in [-0.3, -0.25) is 9.48 Å². The van der Waals surface area contributed by atoms with E-state index in [0.29, 0.717) is 5.69 Å². The summed E-state index contributed by atoms with van der Waals surface area (Å²) < 4.78 is 1.61. The molecule has 0 unspecified atom stereocenters. The number of rotatable bonds is 5. The summed E-state index contributed by atoms with van der Waals surface area (Å²) in [5, 5.41) is 10.2. The predicted molar refractivity (Wildman–Crippen MR) is 75.0 cm³/mol. The maximum absolute atomic E-state index is 12.0. The van der Waals surface area contributed by atoms with Gasteiger partial charge in [0.1, 0.15) is 0 Å². The van der Waals surface area contributed by atoms with E-state index < -0.39 is 0 Å². The van der Waals surface area contributed by atoms with E-state index in [9.17, 15) is 4.79 Å². The zero-order chi connectivity index (χ0) is 13.7. The molecule has 0 aliphatic carbocycles. The molecule has 0 radical (unpaired) electrons. The van der Waals surface area contributed by atoms with Crippen LogP contribution in [0.25, 0.3) is 0 Å². The van der Waals surface area contributed by atoms with Crippen LogP contribution in [0.1, 0.15) is 23.0 Å². The minimum Gasteiger partial charge on any atom is -0.320 e. The SMILES string of the molecule is CCNCc1ccccc1NC(=O)c1ccn(C)n1. The van der Waals surface area contributed by atoms with Crippen molar-refractivity contribution in [1.29, 1.82) is 0 Å². The van der Waals surface area contributed by atoms with Crippen LogP contribution in [-0.2, 0) is 13.6 Å². The second-order valence-corrected chi connectivity index (χ2v) is 4.27. The number of aromatic nitrogens is 2. The largest absolute Gasteiger partial charge is 0.320 e. The zero-order valence-corrected chi connectivity index (χ0v) is 11.2. The Labute approximate surface area is 112 Å². The minimum atomic E-state index is -0.190. The van der Waals surface area contributed by atoms with Crippen molar-refractivity contribution >= 4 is 11.6 Å². The molecular formula is C14H18N4O. The molecule has 19 heavy (non-hydrogen) atoms. The Hall–Kier alpha value is -2.14. The fraction of sp³-hybridized carbons (Fsp3) is 0.286. The summed E-state index contributed by atoms with van der Waals surface area (Å²) in [5.74, 6) is -0.190. The van der Waals surface area contributed by atoms with Crippen molar-refractivity contribution in [1.82, 2.24) is 15.1 Å². The molecule has 2 N–H and O–H groups in total. The van der Waals surface area contributed by atoms with E-state index in [2.05, 4.69) is 22.7 Å². The first-order valence-corrected chi connectivity index (χ1v) is 6.30. The molecule has 0 aliphatic heterocycles. The molecule has 2 rings (SSSR count). The van der Waals surface area contributed by atoms with Crippen LogP contribution in [0.5, 0.6) is 0 Å². The molecule has 0 saturated heterocycles. The lowest BCUT2D eigenvalue weighted by Crippen LogP contribution is -2.17. The summed E-state index contributed by atoms with van der Waals surface area (Å²) in [6.45, 7) is 3.67. The molecule has 0 bridgehead atoms. The van der Waals surface area contributed by atoms with Crippen molar-refractivity contribution in [2.45, 2.75) is 13.5 Å². The van der Waals surface area contributed by atoms with Crippen LogP contribution in [0, 0.1) is 0 Å². The van der Waals surface area contributed by atoms with E-state index in [4.69, 9.17) is 0 Å². The standard InChI is InChI=1S/C14H18N4O/c1-3-15-10-11-6-4-5-7-12(11)16-14(19)13-8-9-18(2)17-13/h4-9,15H,3,10H2,1-2H3,(H,16,19). The lowest BCUT2D eigenvalue weighted by molar-refractivity contribution is 0.102. The number of aryl methyl sites for hydroxylation is 1. The fourth-order valence-corrected chi connectivity index (χ4v) is 1.78. The summed E-state index contributed by atoms with van der Waals surface area (Å²) in [7, 11) is 1.79. The highest BCUT2D eigenvalue weighted by Gasteiger charge is 2.10. The first-order valence-electron chi connectivity index (χ1n) is 6.30. The van der Waals surface area contributed by atoms with Crippen LogP contribution >= 0.6 is 0 Å². The monoisotopic (exact) mass is 258 g/mol. The van der Waals surface area contributed by atoms with Crippen LogP contribution in [0.4, 0.5) is 5.69 Å². The Morgan fingerprint density at radius 3 is 2.79 bits per heavy atom. The number of hydrogen-bond donors (Lipinski definition) is 2. The zero-order valence-electron chi connectivity index (χ0n) is 11.2. The lowest BCUT2D eigenvalue weighted by Gasteiger charge is -2.10. The van der Waals surface area contributed by atoms with Crippen LogP contribution in [0.2, 0.25) is 0 Å². The molecule has 0 fully saturated rings. The Morgan fingerprint density at radius 1 is 1.32 bits per heavy atom. The van der Waals surface area contributed by atoms with Gasteiger partial charge in [-0.05, 0) is 24.2 Å². The highest BCUT2D eigenvalue weighted by Crippen LogP contribution is 2.15. The van der Waals surface area contributed by atoms with Gasteiger partial charge in [0.05, 0.1) is 0 Å². The van der Waals surface area contributed by atoms with E-state index in [1.807, 2.05) is 24.3 Å². The second-order valence-electron chi connectivity index (χ2n) is 4.27. The third kappa shape index (κ3) is 3.42. The molecule has 0 saturated carbocycles. The van der Waals surface area contributed by atoms with Gasteiger partial charge in [0.25, 0.3) is 5.91 Å². The number of nitrogens with zero attached hydrogens (tertiary/aromatic N) is 2. The summed E-state index contributed by atoms with van der Waals surface area (Å²) in [6, 6.07) is 9.46. The third-order valence-electron chi connectivity index (χ3n) is 2.78. The van der Waals surface area contributed by atoms with E-state index in [1.54, 1.807) is 24.0 Å². The minimum absolute atomic E-state index is 0.190. The first-order chi connectivity index (χ1) is 9.20. The van der Waals surface area contributed by atoms with Gasteiger partial charge in [0, 0.05) is 25.5 Å². The van der Waals surface area contributed by atoms with E-state index >= 15 is 0 Å². The van der Waals surface area contributed by atoms with Gasteiger partial charge in [0.2, 0.25) is 0 Å². The Kier molecular flexibility index (Phi) is 4.30. The molecule has 5 heteroatoms. The van der Waals surface area contributed by atoms with Crippen molar-refractivity contribution in [2.75, 3.05) is 11.9 Å². The second kappa shape index (κ2) is 6.15. The highest BCUT2D eigenvalue weighted by molar-refractivity contribution is 6.03. The van der Waals surface area contributed by atoms with Crippen molar-refractivity contribution in [3.63, 3.8) is 0 Å². The van der Waals surface area contributed by atoms with Crippen LogP contribution in [0.3, 0.4) is 0 Å². The molecular weight excluding hydrogens is 240 g/mol. The van der Waals surface area contributed by atoms with Crippen molar-refractivity contribution in [3.05, 3.63) is 47.8 Å². The van der Waals surface area contributed by atoms with Gasteiger partial charge in [-0.1, -0.05) is 25.1 Å². The molecule has 1 aromatic carbocycles. The van der Waals surface area contributed by atoms with Gasteiger partial charge in [0.15, 0.2) is 5.69 Å². The van der Waals surface area contributed by atoms with E-state index in [1.165, 1.54) is 0 Å². The molecule has 0 atom stereocenters. The highest BCUT2D eigenvalue weighted by atomic mass is 16.1. The van der Waals surface area contributed by atoms with Crippen LogP contribution in [0.15, 0.2) is 36.5 Å². The Morgan fingerprint density at radius 2 is 2.11 bits per heavy atom. The molecule has 1 aromatic heterocycles. The quantitative estimate of drug-likeness (QED) is 0.859. The number of amides is 1. The number of anilines is 1. The number of para-hydroxylation sites is 1. The normalized spacial score (nSPS) is 10.4.